The molecule has 1 fully saturated rings. The van der Waals surface area contributed by atoms with Crippen molar-refractivity contribution >= 4 is 28.3 Å². The summed E-state index contributed by atoms with van der Waals surface area (Å²) in [5.74, 6) is -0.603. The number of amides is 1. The molecule has 0 aliphatic carbocycles. The van der Waals surface area contributed by atoms with Crippen LogP contribution in [0.1, 0.15) is 53.2 Å². The maximum Gasteiger partial charge on any atom is 0.340 e. The van der Waals surface area contributed by atoms with E-state index in [1.807, 2.05) is 12.1 Å². The molecule has 2 N–H and O–H groups in total. The summed E-state index contributed by atoms with van der Waals surface area (Å²) in [6.07, 6.45) is 5.62. The number of nitrogens with one attached hydrogen (secondary N) is 2. The molecular weight excluding hydrogens is 525 g/mol. The lowest BCUT2D eigenvalue weighted by Crippen LogP contribution is -2.33. The number of nitrogens with zero attached hydrogens (tertiary/aromatic N) is 1. The van der Waals surface area contributed by atoms with E-state index in [-0.39, 0.29) is 35.8 Å². The molecule has 5 rings (SSSR count). The van der Waals surface area contributed by atoms with Crippen LogP contribution in [0, 0.1) is 5.82 Å². The lowest BCUT2D eigenvalue weighted by molar-refractivity contribution is -0.116. The highest BCUT2D eigenvalue weighted by molar-refractivity contribution is 7.13. The number of rotatable bonds is 9. The summed E-state index contributed by atoms with van der Waals surface area (Å²) in [6, 6.07) is 7.46. The monoisotopic (exact) mass is 555 g/mol. The molecule has 0 spiro atoms. The zero-order chi connectivity index (χ0) is 27.2. The Morgan fingerprint density at radius 1 is 1.23 bits per heavy atom. The number of esters is 1. The molecule has 2 atom stereocenters. The molecule has 1 amide bonds. The van der Waals surface area contributed by atoms with E-state index in [0.717, 1.165) is 42.9 Å². The highest BCUT2D eigenvalue weighted by atomic mass is 32.1. The van der Waals surface area contributed by atoms with Crippen LogP contribution in [0.5, 0.6) is 17.2 Å². The Labute approximate surface area is 229 Å². The minimum atomic E-state index is -0.769. The van der Waals surface area contributed by atoms with Crippen molar-refractivity contribution in [2.45, 2.75) is 44.2 Å². The molecule has 9 nitrogen and oxygen atoms in total. The Bertz CT molecular complexity index is 1310. The molecule has 2 aromatic carbocycles. The van der Waals surface area contributed by atoms with Crippen LogP contribution in [0.25, 0.3) is 0 Å². The Balaban J connectivity index is 1.41. The summed E-state index contributed by atoms with van der Waals surface area (Å²) in [5, 5.41) is 8.58. The second-order valence-electron chi connectivity index (χ2n) is 9.38. The molecule has 11 heteroatoms. The Morgan fingerprint density at radius 3 is 2.87 bits per heavy atom. The molecule has 3 aromatic rings. The van der Waals surface area contributed by atoms with Crippen molar-refractivity contribution in [1.29, 1.82) is 0 Å². The summed E-state index contributed by atoms with van der Waals surface area (Å²) in [4.78, 5) is 28.6. The SMILES string of the molecule is COC(=O)c1ccc(Oc2cc3c(cc2OCC2CCCCO2)CCNC3CC(=O)Nc2nccs2)cc1F. The second-order valence-corrected chi connectivity index (χ2v) is 10.3. The van der Waals surface area contributed by atoms with Crippen LogP contribution >= 0.6 is 11.3 Å². The summed E-state index contributed by atoms with van der Waals surface area (Å²) < 4.78 is 37.4. The van der Waals surface area contributed by atoms with E-state index < -0.39 is 11.8 Å². The van der Waals surface area contributed by atoms with E-state index >= 15 is 0 Å². The summed E-state index contributed by atoms with van der Waals surface area (Å²) in [7, 11) is 1.20. The van der Waals surface area contributed by atoms with Crippen molar-refractivity contribution < 1.29 is 32.9 Å². The van der Waals surface area contributed by atoms with E-state index in [9.17, 15) is 14.0 Å². The lowest BCUT2D eigenvalue weighted by Gasteiger charge is -2.29. The van der Waals surface area contributed by atoms with Gasteiger partial charge < -0.3 is 29.6 Å². The first kappa shape index (κ1) is 27.0. The van der Waals surface area contributed by atoms with Crippen molar-refractivity contribution in [3.8, 4) is 17.2 Å². The molecule has 39 heavy (non-hydrogen) atoms. The molecule has 206 valence electrons. The van der Waals surface area contributed by atoms with Gasteiger partial charge in [-0.05, 0) is 67.6 Å². The molecule has 0 radical (unpaired) electrons. The van der Waals surface area contributed by atoms with Gasteiger partial charge in [0, 0.05) is 36.7 Å². The predicted octanol–water partition coefficient (Wildman–Crippen LogP) is 5.02. The smallest absolute Gasteiger partial charge is 0.340 e. The third-order valence-electron chi connectivity index (χ3n) is 6.71. The van der Waals surface area contributed by atoms with Crippen LogP contribution in [0.4, 0.5) is 9.52 Å². The third-order valence-corrected chi connectivity index (χ3v) is 7.40. The van der Waals surface area contributed by atoms with Gasteiger partial charge in [0.25, 0.3) is 0 Å². The van der Waals surface area contributed by atoms with Gasteiger partial charge >= 0.3 is 5.97 Å². The summed E-state index contributed by atoms with van der Waals surface area (Å²) >= 11 is 1.36. The van der Waals surface area contributed by atoms with Gasteiger partial charge in [0.15, 0.2) is 16.6 Å². The first-order valence-electron chi connectivity index (χ1n) is 12.9. The van der Waals surface area contributed by atoms with Crippen LogP contribution < -0.4 is 20.1 Å². The van der Waals surface area contributed by atoms with Gasteiger partial charge in [-0.25, -0.2) is 14.2 Å². The number of methoxy groups -OCH3 is 1. The zero-order valence-electron chi connectivity index (χ0n) is 21.5. The molecule has 2 unspecified atom stereocenters. The van der Waals surface area contributed by atoms with Crippen molar-refractivity contribution in [2.24, 2.45) is 0 Å². The Hall–Kier alpha value is -3.54. The lowest BCUT2D eigenvalue weighted by atomic mass is 9.91. The maximum atomic E-state index is 14.6. The molecule has 0 saturated carbocycles. The van der Waals surface area contributed by atoms with Crippen LogP contribution in [-0.4, -0.2) is 49.8 Å². The fraction of sp³-hybridized carbons (Fsp3) is 0.393. The average molecular weight is 556 g/mol. The number of carbonyl (C=O) groups excluding carboxylic acids is 2. The summed E-state index contributed by atoms with van der Waals surface area (Å²) in [6.45, 7) is 1.78. The number of benzene rings is 2. The van der Waals surface area contributed by atoms with Gasteiger partial charge in [-0.15, -0.1) is 11.3 Å². The van der Waals surface area contributed by atoms with E-state index in [0.29, 0.717) is 36.4 Å². The standard InChI is InChI=1S/C28H30FN3O6S/c1-35-27(34)20-6-5-18(13-22(20)29)38-25-14-21-17(12-24(25)37-16-19-4-2-3-10-36-19)7-8-30-23(21)15-26(33)32-28-31-9-11-39-28/h5-6,9,11-14,19,23,30H,2-4,7-8,10,15-16H2,1H3,(H,31,32,33). The van der Waals surface area contributed by atoms with Gasteiger partial charge in [-0.3, -0.25) is 4.79 Å². The first-order chi connectivity index (χ1) is 19.0. The second kappa shape index (κ2) is 12.5. The highest BCUT2D eigenvalue weighted by Gasteiger charge is 2.26. The van der Waals surface area contributed by atoms with Crippen LogP contribution in [-0.2, 0) is 20.7 Å². The quantitative estimate of drug-likeness (QED) is 0.354. The number of hydrogen-bond acceptors (Lipinski definition) is 9. The number of thiazole rings is 1. The Morgan fingerprint density at radius 2 is 2.13 bits per heavy atom. The molecule has 2 aliphatic rings. The molecule has 2 aliphatic heterocycles. The molecule has 1 aromatic heterocycles. The third kappa shape index (κ3) is 6.73. The number of anilines is 1. The van der Waals surface area contributed by atoms with Crippen molar-refractivity contribution in [3.63, 3.8) is 0 Å². The van der Waals surface area contributed by atoms with Crippen LogP contribution in [0.15, 0.2) is 41.9 Å². The van der Waals surface area contributed by atoms with Crippen LogP contribution in [0.2, 0.25) is 0 Å². The van der Waals surface area contributed by atoms with Gasteiger partial charge in [0.2, 0.25) is 5.91 Å². The van der Waals surface area contributed by atoms with Gasteiger partial charge in [-0.2, -0.15) is 0 Å². The average Bonchev–Trinajstić information content (AvgIpc) is 3.45. The number of fused-ring (bicyclic) bond motifs is 1. The number of ether oxygens (including phenoxy) is 4. The van der Waals surface area contributed by atoms with E-state index in [4.69, 9.17) is 14.2 Å². The number of carbonyl (C=O) groups is 2. The normalized spacial score (nSPS) is 18.6. The minimum Gasteiger partial charge on any atom is -0.487 e. The minimum absolute atomic E-state index is 0.0108. The number of hydrogen-bond donors (Lipinski definition) is 2. The van der Waals surface area contributed by atoms with E-state index in [1.54, 1.807) is 11.6 Å². The summed E-state index contributed by atoms with van der Waals surface area (Å²) in [5.41, 5.74) is 1.76. The van der Waals surface area contributed by atoms with E-state index in [2.05, 4.69) is 20.4 Å². The highest BCUT2D eigenvalue weighted by Crippen LogP contribution is 2.39. The number of halogens is 1. The van der Waals surface area contributed by atoms with Crippen molar-refractivity contribution in [3.05, 3.63) is 64.4 Å². The fourth-order valence-corrected chi connectivity index (χ4v) is 5.29. The van der Waals surface area contributed by atoms with Crippen molar-refractivity contribution in [1.82, 2.24) is 10.3 Å². The molecule has 0 bridgehead atoms. The maximum absolute atomic E-state index is 14.6. The number of aromatic nitrogens is 1. The van der Waals surface area contributed by atoms with Crippen LogP contribution in [0.3, 0.4) is 0 Å². The van der Waals surface area contributed by atoms with Gasteiger partial charge in [-0.1, -0.05) is 0 Å². The predicted molar refractivity (Wildman–Crippen MR) is 143 cm³/mol. The zero-order valence-corrected chi connectivity index (χ0v) is 22.4. The first-order valence-corrected chi connectivity index (χ1v) is 13.8. The largest absolute Gasteiger partial charge is 0.487 e. The molecular formula is C28H30FN3O6S. The topological polar surface area (TPSA) is 108 Å². The Kier molecular flexibility index (Phi) is 8.70. The van der Waals surface area contributed by atoms with Crippen molar-refractivity contribution in [2.75, 3.05) is 32.2 Å². The molecule has 1 saturated heterocycles. The van der Waals surface area contributed by atoms with Gasteiger partial charge in [0.1, 0.15) is 18.2 Å². The fourth-order valence-electron chi connectivity index (χ4n) is 4.75. The van der Waals surface area contributed by atoms with E-state index in [1.165, 1.54) is 30.6 Å². The van der Waals surface area contributed by atoms with Gasteiger partial charge in [0.05, 0.1) is 18.8 Å². The molecule has 3 heterocycles.